The van der Waals surface area contributed by atoms with Gasteiger partial charge in [-0.1, -0.05) is 26.2 Å². The van der Waals surface area contributed by atoms with Gasteiger partial charge in [-0.3, -0.25) is 4.79 Å². The van der Waals surface area contributed by atoms with Gasteiger partial charge >= 0.3 is 0 Å². The van der Waals surface area contributed by atoms with Gasteiger partial charge in [0.25, 0.3) is 5.91 Å². The Hall–Kier alpha value is -1.58. The van der Waals surface area contributed by atoms with Gasteiger partial charge in [0.1, 0.15) is 5.82 Å². The molecule has 0 heterocycles. The molecule has 1 aromatic rings. The summed E-state index contributed by atoms with van der Waals surface area (Å²) in [6.07, 6.45) is 6.91. The lowest BCUT2D eigenvalue weighted by atomic mass is 9.83. The van der Waals surface area contributed by atoms with Crippen LogP contribution in [0.1, 0.15) is 55.8 Å². The zero-order valence-corrected chi connectivity index (χ0v) is 12.0. The predicted molar refractivity (Wildman–Crippen MR) is 78.9 cm³/mol. The maximum Gasteiger partial charge on any atom is 0.254 e. The van der Waals surface area contributed by atoms with Crippen LogP contribution >= 0.6 is 0 Å². The minimum absolute atomic E-state index is 0.0410. The van der Waals surface area contributed by atoms with E-state index in [-0.39, 0.29) is 17.5 Å². The number of nitrogen functional groups attached to an aromatic ring is 1. The van der Waals surface area contributed by atoms with Gasteiger partial charge in [-0.2, -0.15) is 0 Å². The molecule has 110 valence electrons. The van der Waals surface area contributed by atoms with Crippen molar-refractivity contribution in [1.82, 2.24) is 5.32 Å². The molecule has 3 N–H and O–H groups in total. The second kappa shape index (κ2) is 6.73. The average Bonchev–Trinajstić information content (AvgIpc) is 2.48. The van der Waals surface area contributed by atoms with Crippen molar-refractivity contribution in [2.24, 2.45) is 5.92 Å². The third-order valence-corrected chi connectivity index (χ3v) is 4.21. The molecule has 20 heavy (non-hydrogen) atoms. The number of anilines is 1. The number of hydrogen-bond acceptors (Lipinski definition) is 2. The lowest BCUT2D eigenvalue weighted by molar-refractivity contribution is 0.0907. The van der Waals surface area contributed by atoms with Crippen LogP contribution in [0.25, 0.3) is 0 Å². The highest BCUT2D eigenvalue weighted by Crippen LogP contribution is 2.28. The first kappa shape index (κ1) is 14.8. The summed E-state index contributed by atoms with van der Waals surface area (Å²) in [5, 5.41) is 2.99. The predicted octanol–water partition coefficient (Wildman–Crippen LogP) is 3.50. The average molecular weight is 278 g/mol. The number of rotatable bonds is 4. The maximum atomic E-state index is 13.7. The summed E-state index contributed by atoms with van der Waals surface area (Å²) in [4.78, 5) is 12.2. The molecule has 0 aromatic heterocycles. The molecule has 1 aliphatic rings. The van der Waals surface area contributed by atoms with Gasteiger partial charge in [-0.15, -0.1) is 0 Å². The van der Waals surface area contributed by atoms with E-state index in [4.69, 9.17) is 5.73 Å². The summed E-state index contributed by atoms with van der Waals surface area (Å²) in [6.45, 7) is 2.06. The van der Waals surface area contributed by atoms with Crippen molar-refractivity contribution in [3.63, 3.8) is 0 Å². The molecule has 1 amide bonds. The molecule has 1 aliphatic carbocycles. The minimum Gasteiger partial charge on any atom is -0.399 e. The number of carbonyl (C=O) groups is 1. The Bertz CT molecular complexity index is 470. The number of benzene rings is 1. The zero-order chi connectivity index (χ0) is 14.5. The first-order valence-corrected chi connectivity index (χ1v) is 7.47. The molecule has 0 bridgehead atoms. The Morgan fingerprint density at radius 1 is 1.40 bits per heavy atom. The van der Waals surface area contributed by atoms with Crippen molar-refractivity contribution in [3.05, 3.63) is 29.6 Å². The Balaban J connectivity index is 2.06. The van der Waals surface area contributed by atoms with Gasteiger partial charge in [0.05, 0.1) is 5.56 Å². The molecule has 2 rings (SSSR count). The second-order valence-corrected chi connectivity index (χ2v) is 5.63. The van der Waals surface area contributed by atoms with Crippen molar-refractivity contribution >= 4 is 11.6 Å². The quantitative estimate of drug-likeness (QED) is 0.828. The van der Waals surface area contributed by atoms with Crippen LogP contribution in [0.5, 0.6) is 0 Å². The van der Waals surface area contributed by atoms with Crippen LogP contribution in [0.2, 0.25) is 0 Å². The van der Waals surface area contributed by atoms with Crippen molar-refractivity contribution < 1.29 is 9.18 Å². The number of halogens is 1. The molecule has 1 fully saturated rings. The fraction of sp³-hybridized carbons (Fsp3) is 0.562. The lowest BCUT2D eigenvalue weighted by Crippen LogP contribution is -2.41. The number of amides is 1. The normalized spacial score (nSPS) is 17.7. The third-order valence-electron chi connectivity index (χ3n) is 4.21. The Labute approximate surface area is 119 Å². The molecule has 1 unspecified atom stereocenters. The van der Waals surface area contributed by atoms with Gasteiger partial charge in [0, 0.05) is 11.7 Å². The summed E-state index contributed by atoms with van der Waals surface area (Å²) in [5.41, 5.74) is 6.07. The van der Waals surface area contributed by atoms with Gasteiger partial charge in [-0.05, 0) is 43.4 Å². The molecular weight excluding hydrogens is 255 g/mol. The van der Waals surface area contributed by atoms with Crippen LogP contribution < -0.4 is 11.1 Å². The Kier molecular flexibility index (Phi) is 4.99. The lowest BCUT2D eigenvalue weighted by Gasteiger charge is -2.30. The molecule has 3 nitrogen and oxygen atoms in total. The van der Waals surface area contributed by atoms with E-state index < -0.39 is 5.82 Å². The van der Waals surface area contributed by atoms with Gasteiger partial charge in [0.2, 0.25) is 0 Å². The molecule has 0 radical (unpaired) electrons. The standard InChI is InChI=1S/C16H23FN2O/c1-2-15(11-6-4-3-5-7-11)19-16(20)13-10-12(18)8-9-14(13)17/h8-11,15H,2-7,18H2,1H3,(H,19,20). The van der Waals surface area contributed by atoms with Gasteiger partial charge in [0.15, 0.2) is 0 Å². The smallest absolute Gasteiger partial charge is 0.254 e. The molecule has 0 saturated heterocycles. The van der Waals surface area contributed by atoms with E-state index in [1.165, 1.54) is 37.5 Å². The first-order chi connectivity index (χ1) is 9.61. The summed E-state index contributed by atoms with van der Waals surface area (Å²) < 4.78 is 13.7. The molecule has 1 saturated carbocycles. The fourth-order valence-electron chi connectivity index (χ4n) is 3.05. The molecule has 0 aliphatic heterocycles. The van der Waals surface area contributed by atoms with E-state index >= 15 is 0 Å². The number of hydrogen-bond donors (Lipinski definition) is 2. The van der Waals surface area contributed by atoms with Gasteiger partial charge < -0.3 is 11.1 Å². The number of carbonyl (C=O) groups excluding carboxylic acids is 1. The van der Waals surface area contributed by atoms with Crippen LogP contribution in [0.15, 0.2) is 18.2 Å². The molecule has 4 heteroatoms. The van der Waals surface area contributed by atoms with Crippen LogP contribution in [0.3, 0.4) is 0 Å². The second-order valence-electron chi connectivity index (χ2n) is 5.63. The molecule has 1 atom stereocenters. The summed E-state index contributed by atoms with van der Waals surface area (Å²) in [5.74, 6) is -0.357. The fourth-order valence-corrected chi connectivity index (χ4v) is 3.05. The van der Waals surface area contributed by atoms with Crippen LogP contribution in [-0.4, -0.2) is 11.9 Å². The van der Waals surface area contributed by atoms with Crippen LogP contribution in [0, 0.1) is 11.7 Å². The highest BCUT2D eigenvalue weighted by atomic mass is 19.1. The zero-order valence-electron chi connectivity index (χ0n) is 12.0. The van der Waals surface area contributed by atoms with E-state index in [2.05, 4.69) is 12.2 Å². The van der Waals surface area contributed by atoms with Crippen LogP contribution in [-0.2, 0) is 0 Å². The molecule has 0 spiro atoms. The van der Waals surface area contributed by atoms with Crippen molar-refractivity contribution in [3.8, 4) is 0 Å². The Morgan fingerprint density at radius 3 is 2.75 bits per heavy atom. The van der Waals surface area contributed by atoms with Crippen LogP contribution in [0.4, 0.5) is 10.1 Å². The largest absolute Gasteiger partial charge is 0.399 e. The molecular formula is C16H23FN2O. The van der Waals surface area contributed by atoms with Crippen molar-refractivity contribution in [2.45, 2.75) is 51.5 Å². The van der Waals surface area contributed by atoms with E-state index in [0.29, 0.717) is 11.6 Å². The number of nitrogens with one attached hydrogen (secondary N) is 1. The van der Waals surface area contributed by atoms with E-state index in [9.17, 15) is 9.18 Å². The van der Waals surface area contributed by atoms with E-state index in [1.807, 2.05) is 0 Å². The third kappa shape index (κ3) is 3.50. The van der Waals surface area contributed by atoms with E-state index in [1.54, 1.807) is 0 Å². The Morgan fingerprint density at radius 2 is 2.10 bits per heavy atom. The topological polar surface area (TPSA) is 55.1 Å². The highest BCUT2D eigenvalue weighted by molar-refractivity contribution is 5.95. The monoisotopic (exact) mass is 278 g/mol. The molecule has 1 aromatic carbocycles. The van der Waals surface area contributed by atoms with Crippen molar-refractivity contribution in [2.75, 3.05) is 5.73 Å². The number of nitrogens with two attached hydrogens (primary N) is 1. The minimum atomic E-state index is -0.518. The SMILES string of the molecule is CCC(NC(=O)c1cc(N)ccc1F)C1CCCCC1. The summed E-state index contributed by atoms with van der Waals surface area (Å²) in [7, 11) is 0. The van der Waals surface area contributed by atoms with E-state index in [0.717, 1.165) is 19.3 Å². The highest BCUT2D eigenvalue weighted by Gasteiger charge is 2.24. The maximum absolute atomic E-state index is 13.7. The summed E-state index contributed by atoms with van der Waals surface area (Å²) >= 11 is 0. The van der Waals surface area contributed by atoms with Crippen molar-refractivity contribution in [1.29, 1.82) is 0 Å². The first-order valence-electron chi connectivity index (χ1n) is 7.47. The summed E-state index contributed by atoms with van der Waals surface area (Å²) in [6, 6.07) is 4.23. The van der Waals surface area contributed by atoms with Gasteiger partial charge in [-0.25, -0.2) is 4.39 Å².